The van der Waals surface area contributed by atoms with Crippen LogP contribution in [0.3, 0.4) is 0 Å². The average Bonchev–Trinajstić information content (AvgIpc) is 3.07. The molecule has 25 heavy (non-hydrogen) atoms. The van der Waals surface area contributed by atoms with Crippen LogP contribution in [0.4, 0.5) is 0 Å². The molecule has 0 bridgehead atoms. The van der Waals surface area contributed by atoms with E-state index in [0.29, 0.717) is 17.0 Å². The van der Waals surface area contributed by atoms with E-state index in [1.165, 1.54) is 18.2 Å². The Morgan fingerprint density at radius 2 is 2.04 bits per heavy atom. The van der Waals surface area contributed by atoms with Gasteiger partial charge in [-0.25, -0.2) is 0 Å². The van der Waals surface area contributed by atoms with Gasteiger partial charge in [0, 0.05) is 12.6 Å². The maximum absolute atomic E-state index is 12.7. The highest BCUT2D eigenvalue weighted by Crippen LogP contribution is 2.25. The number of tetrazole rings is 1. The average molecular weight is 359 g/mol. The van der Waals surface area contributed by atoms with Crippen molar-refractivity contribution in [1.29, 1.82) is 0 Å². The number of rotatable bonds is 5. The highest BCUT2D eigenvalue weighted by molar-refractivity contribution is 7.99. The van der Waals surface area contributed by atoms with Gasteiger partial charge in [-0.3, -0.25) is 4.79 Å². The lowest BCUT2D eigenvalue weighted by Gasteiger charge is -2.35. The molecule has 1 amide bonds. The Bertz CT molecular complexity index is 725. The quantitative estimate of drug-likeness (QED) is 0.767. The molecule has 0 saturated carbocycles. The fourth-order valence-corrected chi connectivity index (χ4v) is 4.27. The molecule has 2 heterocycles. The Morgan fingerprint density at radius 1 is 1.28 bits per heavy atom. The second kappa shape index (κ2) is 7.99. The molecule has 134 valence electrons. The molecule has 7 heteroatoms. The summed E-state index contributed by atoms with van der Waals surface area (Å²) >= 11 is 1.42. The number of thioether (sulfide) groups is 1. The van der Waals surface area contributed by atoms with Gasteiger partial charge in [0.1, 0.15) is 0 Å². The van der Waals surface area contributed by atoms with E-state index in [-0.39, 0.29) is 5.91 Å². The summed E-state index contributed by atoms with van der Waals surface area (Å²) in [6.45, 7) is 7.12. The normalized spacial score (nSPS) is 17.7. The maximum Gasteiger partial charge on any atom is 0.233 e. The molecule has 6 nitrogen and oxygen atoms in total. The van der Waals surface area contributed by atoms with Gasteiger partial charge in [-0.1, -0.05) is 36.9 Å². The second-order valence-corrected chi connectivity index (χ2v) is 7.49. The van der Waals surface area contributed by atoms with Gasteiger partial charge in [0.2, 0.25) is 11.1 Å². The van der Waals surface area contributed by atoms with E-state index in [1.54, 1.807) is 4.68 Å². The van der Waals surface area contributed by atoms with Crippen molar-refractivity contribution in [3.8, 4) is 5.69 Å². The fraction of sp³-hybridized carbons (Fsp3) is 0.556. The van der Waals surface area contributed by atoms with Crippen LogP contribution in [-0.2, 0) is 4.79 Å². The molecule has 1 aromatic carbocycles. The van der Waals surface area contributed by atoms with E-state index in [0.717, 1.165) is 42.6 Å². The Morgan fingerprint density at radius 3 is 2.76 bits per heavy atom. The number of aromatic nitrogens is 4. The Labute approximate surface area is 153 Å². The second-order valence-electron chi connectivity index (χ2n) is 6.55. The van der Waals surface area contributed by atoms with Gasteiger partial charge >= 0.3 is 0 Å². The number of para-hydroxylation sites is 1. The molecule has 0 spiro atoms. The van der Waals surface area contributed by atoms with Gasteiger partial charge in [-0.15, -0.1) is 5.10 Å². The zero-order valence-electron chi connectivity index (χ0n) is 15.1. The zero-order chi connectivity index (χ0) is 17.8. The molecule has 1 saturated heterocycles. The molecule has 0 N–H and O–H groups in total. The van der Waals surface area contributed by atoms with E-state index in [4.69, 9.17) is 0 Å². The number of likely N-dealkylation sites (tertiary alicyclic amines) is 1. The predicted molar refractivity (Wildman–Crippen MR) is 99.0 cm³/mol. The Balaban J connectivity index is 1.73. The van der Waals surface area contributed by atoms with E-state index in [2.05, 4.69) is 22.4 Å². The van der Waals surface area contributed by atoms with Crippen LogP contribution in [0.5, 0.6) is 0 Å². The first-order valence-corrected chi connectivity index (χ1v) is 9.87. The molecule has 3 rings (SSSR count). The number of carbonyl (C=O) groups is 1. The number of piperidine rings is 1. The van der Waals surface area contributed by atoms with E-state index in [9.17, 15) is 4.79 Å². The van der Waals surface area contributed by atoms with Gasteiger partial charge < -0.3 is 4.90 Å². The third-order valence-corrected chi connectivity index (χ3v) is 5.74. The summed E-state index contributed by atoms with van der Waals surface area (Å²) in [4.78, 5) is 14.7. The lowest BCUT2D eigenvalue weighted by molar-refractivity contribution is -0.132. The first kappa shape index (κ1) is 17.9. The minimum Gasteiger partial charge on any atom is -0.339 e. The molecular weight excluding hydrogens is 334 g/mol. The Hall–Kier alpha value is -1.89. The fourth-order valence-electron chi connectivity index (χ4n) is 3.51. The topological polar surface area (TPSA) is 63.9 Å². The number of nitrogens with zero attached hydrogens (tertiary/aromatic N) is 5. The van der Waals surface area contributed by atoms with Crippen LogP contribution >= 0.6 is 11.8 Å². The van der Waals surface area contributed by atoms with Crippen molar-refractivity contribution in [2.24, 2.45) is 0 Å². The zero-order valence-corrected chi connectivity index (χ0v) is 15.9. The molecule has 1 fully saturated rings. The molecule has 0 radical (unpaired) electrons. The van der Waals surface area contributed by atoms with Crippen molar-refractivity contribution in [1.82, 2.24) is 25.1 Å². The summed E-state index contributed by atoms with van der Waals surface area (Å²) in [7, 11) is 0. The van der Waals surface area contributed by atoms with Gasteiger partial charge in [-0.2, -0.15) is 4.68 Å². The van der Waals surface area contributed by atoms with Crippen molar-refractivity contribution in [3.05, 3.63) is 29.3 Å². The van der Waals surface area contributed by atoms with Gasteiger partial charge in [0.25, 0.3) is 0 Å². The summed E-state index contributed by atoms with van der Waals surface area (Å²) in [5.74, 6) is 0.564. The molecule has 1 atom stereocenters. The van der Waals surface area contributed by atoms with Crippen LogP contribution in [0.1, 0.15) is 43.7 Å². The van der Waals surface area contributed by atoms with Crippen molar-refractivity contribution < 1.29 is 4.79 Å². The summed E-state index contributed by atoms with van der Waals surface area (Å²) in [6.07, 6.45) is 4.47. The van der Waals surface area contributed by atoms with Crippen molar-refractivity contribution in [3.63, 3.8) is 0 Å². The molecule has 1 aromatic heterocycles. The van der Waals surface area contributed by atoms with Crippen LogP contribution < -0.4 is 0 Å². The van der Waals surface area contributed by atoms with Gasteiger partial charge in [0.05, 0.1) is 11.4 Å². The standard InChI is InChI=1S/C18H25N5OS/c1-4-15-10-5-6-11-22(15)16(24)12-25-18-19-20-21-23(18)17-13(2)8-7-9-14(17)3/h7-9,15H,4-6,10-12H2,1-3H3. The molecule has 1 aliphatic rings. The lowest BCUT2D eigenvalue weighted by atomic mass is 10.0. The largest absolute Gasteiger partial charge is 0.339 e. The molecule has 1 aliphatic heterocycles. The number of aryl methyl sites for hydroxylation is 2. The maximum atomic E-state index is 12.7. The highest BCUT2D eigenvalue weighted by atomic mass is 32.2. The smallest absolute Gasteiger partial charge is 0.233 e. The monoisotopic (exact) mass is 359 g/mol. The molecule has 0 aliphatic carbocycles. The summed E-state index contributed by atoms with van der Waals surface area (Å²) in [6, 6.07) is 6.50. The van der Waals surface area contributed by atoms with Crippen LogP contribution in [0.15, 0.2) is 23.4 Å². The van der Waals surface area contributed by atoms with Crippen LogP contribution in [0.25, 0.3) is 5.69 Å². The number of hydrogen-bond acceptors (Lipinski definition) is 5. The van der Waals surface area contributed by atoms with Crippen LogP contribution in [0.2, 0.25) is 0 Å². The lowest BCUT2D eigenvalue weighted by Crippen LogP contribution is -2.44. The minimum absolute atomic E-state index is 0.188. The van der Waals surface area contributed by atoms with Crippen molar-refractivity contribution in [2.75, 3.05) is 12.3 Å². The number of hydrogen-bond donors (Lipinski definition) is 0. The van der Waals surface area contributed by atoms with Gasteiger partial charge in [-0.05, 0) is 61.1 Å². The first-order chi connectivity index (χ1) is 12.1. The Kier molecular flexibility index (Phi) is 5.73. The number of benzene rings is 1. The first-order valence-electron chi connectivity index (χ1n) is 8.89. The van der Waals surface area contributed by atoms with Gasteiger partial charge in [0.15, 0.2) is 0 Å². The SMILES string of the molecule is CCC1CCCCN1C(=O)CSc1nnnn1-c1c(C)cccc1C. The van der Waals surface area contributed by atoms with Crippen LogP contribution in [0, 0.1) is 13.8 Å². The minimum atomic E-state index is 0.188. The van der Waals surface area contributed by atoms with Crippen LogP contribution in [-0.4, -0.2) is 49.4 Å². The summed E-state index contributed by atoms with van der Waals surface area (Å²) in [5.41, 5.74) is 3.22. The van der Waals surface area contributed by atoms with E-state index in [1.807, 2.05) is 36.9 Å². The number of carbonyl (C=O) groups excluding carboxylic acids is 1. The molecular formula is C18H25N5OS. The van der Waals surface area contributed by atoms with Crippen molar-refractivity contribution in [2.45, 2.75) is 57.7 Å². The summed E-state index contributed by atoms with van der Waals surface area (Å²) < 4.78 is 1.75. The molecule has 1 unspecified atom stereocenters. The van der Waals surface area contributed by atoms with E-state index < -0.39 is 0 Å². The summed E-state index contributed by atoms with van der Waals surface area (Å²) in [5, 5.41) is 12.7. The highest BCUT2D eigenvalue weighted by Gasteiger charge is 2.25. The van der Waals surface area contributed by atoms with E-state index >= 15 is 0 Å². The predicted octanol–water partition coefficient (Wildman–Crippen LogP) is 3.16. The third kappa shape index (κ3) is 3.86. The third-order valence-electron chi connectivity index (χ3n) is 4.84. The molecule has 2 aromatic rings. The number of amides is 1. The van der Waals surface area contributed by atoms with Crippen molar-refractivity contribution >= 4 is 17.7 Å².